The molecule has 7 nitrogen and oxygen atoms in total. The summed E-state index contributed by atoms with van der Waals surface area (Å²) >= 11 is 1.63. The standard InChI is InChI=1S/C22H28N6OS/c1-14-12-17(6-7-18(14)29-5)21-15(2)30-22(26-21)25-19-13-20(24-16(3)23-19)28-10-8-27(4)9-11-28/h6-7,12-13H,8-11H2,1-5H3,(H,23,24,25,26). The number of nitrogens with zero attached hydrogens (tertiary/aromatic N) is 5. The number of piperazine rings is 1. The number of nitrogens with one attached hydrogen (secondary N) is 1. The fraction of sp³-hybridized carbons (Fsp3) is 0.409. The predicted octanol–water partition coefficient (Wildman–Crippen LogP) is 4.03. The second-order valence-corrected chi connectivity index (χ2v) is 8.89. The summed E-state index contributed by atoms with van der Waals surface area (Å²) < 4.78 is 5.38. The van der Waals surface area contributed by atoms with Gasteiger partial charge < -0.3 is 19.9 Å². The van der Waals surface area contributed by atoms with Crippen LogP contribution < -0.4 is 15.0 Å². The molecule has 3 heterocycles. The maximum atomic E-state index is 5.38. The van der Waals surface area contributed by atoms with Gasteiger partial charge in [0.15, 0.2) is 5.13 Å². The minimum absolute atomic E-state index is 0.758. The molecule has 3 aromatic rings. The van der Waals surface area contributed by atoms with Crippen LogP contribution in [0.15, 0.2) is 24.3 Å². The lowest BCUT2D eigenvalue weighted by Crippen LogP contribution is -2.44. The second kappa shape index (κ2) is 8.57. The molecule has 0 saturated carbocycles. The highest BCUT2D eigenvalue weighted by atomic mass is 32.1. The highest BCUT2D eigenvalue weighted by molar-refractivity contribution is 7.16. The van der Waals surface area contributed by atoms with E-state index in [1.807, 2.05) is 26.0 Å². The van der Waals surface area contributed by atoms with Crippen molar-refractivity contribution in [3.63, 3.8) is 0 Å². The molecule has 0 unspecified atom stereocenters. The van der Waals surface area contributed by atoms with Gasteiger partial charge in [0, 0.05) is 42.7 Å². The molecule has 0 atom stereocenters. The number of ether oxygens (including phenoxy) is 1. The highest BCUT2D eigenvalue weighted by Crippen LogP contribution is 2.34. The Morgan fingerprint density at radius 2 is 1.77 bits per heavy atom. The summed E-state index contributed by atoms with van der Waals surface area (Å²) in [4.78, 5) is 19.9. The highest BCUT2D eigenvalue weighted by Gasteiger charge is 2.17. The molecular weight excluding hydrogens is 396 g/mol. The Morgan fingerprint density at radius 3 is 2.47 bits per heavy atom. The third kappa shape index (κ3) is 4.39. The van der Waals surface area contributed by atoms with E-state index in [1.54, 1.807) is 18.4 Å². The summed E-state index contributed by atoms with van der Waals surface area (Å²) in [5, 5.41) is 4.23. The Kier molecular flexibility index (Phi) is 5.87. The lowest BCUT2D eigenvalue weighted by atomic mass is 10.1. The van der Waals surface area contributed by atoms with E-state index in [4.69, 9.17) is 9.72 Å². The Balaban J connectivity index is 1.56. The maximum Gasteiger partial charge on any atom is 0.189 e. The second-order valence-electron chi connectivity index (χ2n) is 7.68. The summed E-state index contributed by atoms with van der Waals surface area (Å²) in [6.45, 7) is 10.1. The van der Waals surface area contributed by atoms with Crippen molar-refractivity contribution in [1.29, 1.82) is 0 Å². The number of benzene rings is 1. The smallest absolute Gasteiger partial charge is 0.189 e. The van der Waals surface area contributed by atoms with Crippen molar-refractivity contribution in [1.82, 2.24) is 19.9 Å². The molecule has 0 bridgehead atoms. The van der Waals surface area contributed by atoms with Crippen LogP contribution in [0.4, 0.5) is 16.8 Å². The summed E-state index contributed by atoms with van der Waals surface area (Å²) in [5.74, 6) is 3.39. The third-order valence-electron chi connectivity index (χ3n) is 5.35. The van der Waals surface area contributed by atoms with E-state index in [0.29, 0.717) is 0 Å². The van der Waals surface area contributed by atoms with Crippen LogP contribution in [0.25, 0.3) is 11.3 Å². The molecule has 30 heavy (non-hydrogen) atoms. The van der Waals surface area contributed by atoms with E-state index in [0.717, 1.165) is 76.2 Å². The van der Waals surface area contributed by atoms with E-state index in [-0.39, 0.29) is 0 Å². The van der Waals surface area contributed by atoms with Gasteiger partial charge in [0.1, 0.15) is 23.2 Å². The topological polar surface area (TPSA) is 66.4 Å². The quantitative estimate of drug-likeness (QED) is 0.663. The molecule has 0 aliphatic carbocycles. The van der Waals surface area contributed by atoms with Crippen LogP contribution in [-0.4, -0.2) is 60.2 Å². The van der Waals surface area contributed by atoms with E-state index >= 15 is 0 Å². The number of likely N-dealkylation sites (N-methyl/N-ethyl adjacent to an activating group) is 1. The van der Waals surface area contributed by atoms with Crippen LogP contribution in [0.3, 0.4) is 0 Å². The average Bonchev–Trinajstić information content (AvgIpc) is 3.08. The van der Waals surface area contributed by atoms with Crippen LogP contribution in [0.1, 0.15) is 16.3 Å². The Hall–Kier alpha value is -2.71. The molecule has 0 spiro atoms. The van der Waals surface area contributed by atoms with Gasteiger partial charge in [-0.3, -0.25) is 0 Å². The van der Waals surface area contributed by atoms with Crippen molar-refractivity contribution < 1.29 is 4.74 Å². The van der Waals surface area contributed by atoms with Crippen LogP contribution in [0.2, 0.25) is 0 Å². The Labute approximate surface area is 181 Å². The molecule has 1 N–H and O–H groups in total. The molecule has 158 valence electrons. The van der Waals surface area contributed by atoms with Gasteiger partial charge in [-0.2, -0.15) is 0 Å². The number of aryl methyl sites for hydroxylation is 3. The van der Waals surface area contributed by atoms with Crippen molar-refractivity contribution in [2.24, 2.45) is 0 Å². The molecule has 4 rings (SSSR count). The first kappa shape index (κ1) is 20.6. The largest absolute Gasteiger partial charge is 0.496 e. The third-order valence-corrected chi connectivity index (χ3v) is 6.24. The number of rotatable bonds is 5. The first-order valence-electron chi connectivity index (χ1n) is 10.1. The van der Waals surface area contributed by atoms with Crippen LogP contribution in [-0.2, 0) is 0 Å². The van der Waals surface area contributed by atoms with Gasteiger partial charge in [0.25, 0.3) is 0 Å². The molecule has 1 saturated heterocycles. The van der Waals surface area contributed by atoms with E-state index in [1.165, 1.54) is 0 Å². The Morgan fingerprint density at radius 1 is 1.00 bits per heavy atom. The summed E-state index contributed by atoms with van der Waals surface area (Å²) in [6.07, 6.45) is 0. The van der Waals surface area contributed by atoms with Crippen molar-refractivity contribution in [3.8, 4) is 17.0 Å². The van der Waals surface area contributed by atoms with E-state index in [2.05, 4.69) is 51.2 Å². The van der Waals surface area contributed by atoms with Gasteiger partial charge >= 0.3 is 0 Å². The molecule has 8 heteroatoms. The number of methoxy groups -OCH3 is 1. The van der Waals surface area contributed by atoms with Gasteiger partial charge in [-0.1, -0.05) is 0 Å². The van der Waals surface area contributed by atoms with Gasteiger partial charge in [0.05, 0.1) is 12.8 Å². The molecule has 1 aliphatic heterocycles. The zero-order valence-electron chi connectivity index (χ0n) is 18.2. The number of anilines is 3. The van der Waals surface area contributed by atoms with Gasteiger partial charge in [0.2, 0.25) is 0 Å². The summed E-state index contributed by atoms with van der Waals surface area (Å²) in [5.41, 5.74) is 3.17. The number of aromatic nitrogens is 3. The van der Waals surface area contributed by atoms with Crippen molar-refractivity contribution >= 4 is 28.1 Å². The van der Waals surface area contributed by atoms with Crippen LogP contribution in [0, 0.1) is 20.8 Å². The lowest BCUT2D eigenvalue weighted by Gasteiger charge is -2.33. The Bertz CT molecular complexity index is 1040. The zero-order chi connectivity index (χ0) is 21.3. The lowest BCUT2D eigenvalue weighted by molar-refractivity contribution is 0.312. The normalized spacial score (nSPS) is 14.8. The predicted molar refractivity (Wildman–Crippen MR) is 123 cm³/mol. The van der Waals surface area contributed by atoms with Gasteiger partial charge in [-0.05, 0) is 51.6 Å². The fourth-order valence-electron chi connectivity index (χ4n) is 3.67. The monoisotopic (exact) mass is 424 g/mol. The summed E-state index contributed by atoms with van der Waals surface area (Å²) in [7, 11) is 3.85. The first-order chi connectivity index (χ1) is 14.4. The van der Waals surface area contributed by atoms with Crippen molar-refractivity contribution in [2.75, 3.05) is 50.6 Å². The SMILES string of the molecule is COc1ccc(-c2nc(Nc3cc(N4CCN(C)CC4)nc(C)n3)sc2C)cc1C. The van der Waals surface area contributed by atoms with Crippen molar-refractivity contribution in [3.05, 3.63) is 40.5 Å². The van der Waals surface area contributed by atoms with Gasteiger partial charge in [-0.25, -0.2) is 15.0 Å². The minimum atomic E-state index is 0.758. The van der Waals surface area contributed by atoms with Gasteiger partial charge in [-0.15, -0.1) is 11.3 Å². The zero-order valence-corrected chi connectivity index (χ0v) is 19.0. The number of hydrogen-bond donors (Lipinski definition) is 1. The van der Waals surface area contributed by atoms with Crippen LogP contribution in [0.5, 0.6) is 5.75 Å². The number of hydrogen-bond acceptors (Lipinski definition) is 8. The molecule has 2 aromatic heterocycles. The van der Waals surface area contributed by atoms with E-state index < -0.39 is 0 Å². The number of thiazole rings is 1. The first-order valence-corrected chi connectivity index (χ1v) is 10.9. The molecule has 0 amide bonds. The van der Waals surface area contributed by atoms with Crippen LogP contribution >= 0.6 is 11.3 Å². The van der Waals surface area contributed by atoms with Crippen molar-refractivity contribution in [2.45, 2.75) is 20.8 Å². The maximum absolute atomic E-state index is 5.38. The van der Waals surface area contributed by atoms with E-state index in [9.17, 15) is 0 Å². The average molecular weight is 425 g/mol. The molecule has 0 radical (unpaired) electrons. The molecular formula is C22H28N6OS. The fourth-order valence-corrected chi connectivity index (χ4v) is 4.51. The summed E-state index contributed by atoms with van der Waals surface area (Å²) in [6, 6.07) is 8.18. The molecule has 1 fully saturated rings. The minimum Gasteiger partial charge on any atom is -0.496 e. The molecule has 1 aromatic carbocycles. The molecule has 1 aliphatic rings.